The van der Waals surface area contributed by atoms with E-state index in [9.17, 15) is 9.32 Å². The number of nitriles is 1. The summed E-state index contributed by atoms with van der Waals surface area (Å²) in [6.07, 6.45) is 2.16. The highest BCUT2D eigenvalue weighted by molar-refractivity contribution is 8.78. The molecule has 0 fully saturated rings. The van der Waals surface area contributed by atoms with Crippen molar-refractivity contribution in [3.05, 3.63) is 47.4 Å². The first-order valence-electron chi connectivity index (χ1n) is 5.82. The zero-order chi connectivity index (χ0) is 15.2. The molecule has 0 unspecified atom stereocenters. The van der Waals surface area contributed by atoms with Crippen molar-refractivity contribution in [1.82, 2.24) is 0 Å². The summed E-state index contributed by atoms with van der Waals surface area (Å²) in [5.74, 6) is 0.431. The molecular weight excluding hydrogens is 297 g/mol. The Kier molecular flexibility index (Phi) is 11.7. The van der Waals surface area contributed by atoms with Crippen LogP contribution in [0.3, 0.4) is 0 Å². The summed E-state index contributed by atoms with van der Waals surface area (Å²) in [6, 6.07) is 9.97. The zero-order valence-electron chi connectivity index (χ0n) is 11.3. The van der Waals surface area contributed by atoms with Crippen molar-refractivity contribution >= 4 is 27.6 Å². The monoisotopic (exact) mass is 313 g/mol. The van der Waals surface area contributed by atoms with Crippen molar-refractivity contribution in [2.45, 2.75) is 13.8 Å². The van der Waals surface area contributed by atoms with Gasteiger partial charge in [0.15, 0.2) is 0 Å². The summed E-state index contributed by atoms with van der Waals surface area (Å²) in [5.41, 5.74) is 0.213. The third-order valence-electron chi connectivity index (χ3n) is 1.72. The molecule has 0 saturated heterocycles. The Morgan fingerprint density at radius 3 is 2.30 bits per heavy atom. The van der Waals surface area contributed by atoms with E-state index in [1.807, 2.05) is 41.5 Å². The molecule has 0 saturated carbocycles. The van der Waals surface area contributed by atoms with Gasteiger partial charge in [-0.15, -0.1) is 0 Å². The minimum Gasteiger partial charge on any atom is -0.249 e. The topological polar surface area (TPSA) is 50.1 Å². The van der Waals surface area contributed by atoms with Gasteiger partial charge in [0, 0.05) is 16.2 Å². The van der Waals surface area contributed by atoms with Crippen molar-refractivity contribution in [2.24, 2.45) is 5.92 Å². The molecule has 0 radical (unpaired) electrons. The molecule has 1 aliphatic rings. The number of nitrogens with zero attached hydrogens (tertiary/aromatic N) is 1. The highest BCUT2D eigenvalue weighted by Gasteiger charge is 2.04. The molecule has 2 rings (SSSR count). The molecule has 20 heavy (non-hydrogen) atoms. The highest BCUT2D eigenvalue weighted by Crippen LogP contribution is 2.27. The first-order valence-corrected chi connectivity index (χ1v) is 8.20. The molecule has 108 valence electrons. The summed E-state index contributed by atoms with van der Waals surface area (Å²) in [5, 5.41) is 10.0. The van der Waals surface area contributed by atoms with Gasteiger partial charge in [0.05, 0.1) is 11.6 Å². The van der Waals surface area contributed by atoms with Crippen LogP contribution in [0.4, 0.5) is 4.53 Å². The van der Waals surface area contributed by atoms with Gasteiger partial charge in [-0.25, -0.2) is 9.74 Å². The Balaban J connectivity index is 0.000000304. The largest absolute Gasteiger partial charge is 0.379 e. The first kappa shape index (κ1) is 18.6. The van der Waals surface area contributed by atoms with Crippen LogP contribution in [0.15, 0.2) is 41.8 Å². The number of halogens is 1. The van der Waals surface area contributed by atoms with Crippen molar-refractivity contribution < 1.29 is 14.3 Å². The second-order valence-corrected chi connectivity index (χ2v) is 6.09. The van der Waals surface area contributed by atoms with Crippen LogP contribution in [0.5, 0.6) is 0 Å². The van der Waals surface area contributed by atoms with Crippen LogP contribution in [-0.4, -0.2) is 11.7 Å². The lowest BCUT2D eigenvalue weighted by atomic mass is 10.2. The fourth-order valence-corrected chi connectivity index (χ4v) is 2.39. The van der Waals surface area contributed by atoms with Crippen LogP contribution in [0.25, 0.3) is 0 Å². The third kappa shape index (κ3) is 10.5. The van der Waals surface area contributed by atoms with Gasteiger partial charge in [0.25, 0.3) is 0 Å². The fraction of sp³-hybridized carbons (Fsp3) is 0.286. The molecule has 0 amide bonds. The molecule has 0 bridgehead atoms. The number of hydrogen-bond acceptors (Lipinski definition) is 5. The normalized spacial score (nSPS) is 11.6. The first-order chi connectivity index (χ1) is 9.61. The van der Waals surface area contributed by atoms with Crippen LogP contribution >= 0.6 is 21.6 Å². The van der Waals surface area contributed by atoms with Gasteiger partial charge < -0.3 is 0 Å². The van der Waals surface area contributed by atoms with Gasteiger partial charge in [0.1, 0.15) is 0 Å². The van der Waals surface area contributed by atoms with Gasteiger partial charge in [-0.2, -0.15) is 5.26 Å². The number of carbonyl (C=O) groups is 1. The molecule has 1 heterocycles. The van der Waals surface area contributed by atoms with Crippen molar-refractivity contribution in [3.63, 3.8) is 0 Å². The van der Waals surface area contributed by atoms with Crippen LogP contribution in [0.2, 0.25) is 0 Å². The lowest BCUT2D eigenvalue weighted by Crippen LogP contribution is -1.96. The Hall–Kier alpha value is -1.45. The van der Waals surface area contributed by atoms with Crippen LogP contribution < -0.4 is 0 Å². The predicted molar refractivity (Wildman–Crippen MR) is 82.6 cm³/mol. The summed E-state index contributed by atoms with van der Waals surface area (Å²) >= 11 is 0. The summed E-state index contributed by atoms with van der Waals surface area (Å²) in [6.45, 7) is 3.72. The Labute approximate surface area is 126 Å². The molecule has 0 spiro atoms. The molecular formula is C14H16FNO2S2. The minimum atomic E-state index is -0.958. The Morgan fingerprint density at radius 2 is 2.00 bits per heavy atom. The second-order valence-electron chi connectivity index (χ2n) is 3.77. The molecule has 0 atom stereocenters. The second kappa shape index (κ2) is 12.6. The van der Waals surface area contributed by atoms with E-state index in [0.717, 1.165) is 0 Å². The molecule has 6 heteroatoms. The van der Waals surface area contributed by atoms with Gasteiger partial charge in [0.2, 0.25) is 0 Å². The van der Waals surface area contributed by atoms with E-state index in [-0.39, 0.29) is 11.5 Å². The maximum atomic E-state index is 11.2. The van der Waals surface area contributed by atoms with E-state index >= 15 is 0 Å². The average molecular weight is 313 g/mol. The van der Waals surface area contributed by atoms with E-state index < -0.39 is 5.97 Å². The van der Waals surface area contributed by atoms with Crippen LogP contribution in [0, 0.1) is 17.2 Å². The fourth-order valence-electron chi connectivity index (χ4n) is 0.815. The summed E-state index contributed by atoms with van der Waals surface area (Å²) < 4.78 is 11.2. The SMILES string of the molecule is C1=CSSC1.CC(C)C#N.O=C(OF)c1ccccc1. The standard InChI is InChI=1S/C7H5FO2.C4H7N.C3H4S2/c8-10-7(9)6-4-2-1-3-5-6;1-4(2)3-5;1-2-4-5-3-1/h1-5H;4H,1-2H3;1-2H,3H2. The third-order valence-corrected chi connectivity index (χ3v) is 3.64. The number of carbonyl (C=O) groups excluding carboxylic acids is 1. The predicted octanol–water partition coefficient (Wildman–Crippen LogP) is 4.79. The minimum absolute atomic E-state index is 0.190. The van der Waals surface area contributed by atoms with Crippen LogP contribution in [0.1, 0.15) is 24.2 Å². The van der Waals surface area contributed by atoms with Crippen LogP contribution in [-0.2, 0) is 4.94 Å². The van der Waals surface area contributed by atoms with Gasteiger partial charge in [-0.3, -0.25) is 0 Å². The molecule has 3 nitrogen and oxygen atoms in total. The van der Waals surface area contributed by atoms with E-state index in [1.165, 1.54) is 17.9 Å². The number of hydrogen-bond donors (Lipinski definition) is 0. The Morgan fingerprint density at radius 1 is 1.40 bits per heavy atom. The number of rotatable bonds is 1. The lowest BCUT2D eigenvalue weighted by Gasteiger charge is -1.90. The molecule has 1 aliphatic heterocycles. The van der Waals surface area contributed by atoms with E-state index in [1.54, 1.807) is 18.2 Å². The lowest BCUT2D eigenvalue weighted by molar-refractivity contribution is -0.0788. The quantitative estimate of drug-likeness (QED) is 0.698. The van der Waals surface area contributed by atoms with E-state index in [2.05, 4.69) is 16.4 Å². The molecule has 0 aliphatic carbocycles. The molecule has 0 N–H and O–H groups in total. The maximum Gasteiger partial charge on any atom is 0.379 e. The summed E-state index contributed by atoms with van der Waals surface area (Å²) in [4.78, 5) is 13.4. The Bertz CT molecular complexity index is 438. The number of benzene rings is 1. The summed E-state index contributed by atoms with van der Waals surface area (Å²) in [7, 11) is 3.69. The van der Waals surface area contributed by atoms with Crippen molar-refractivity contribution in [1.29, 1.82) is 5.26 Å². The van der Waals surface area contributed by atoms with Crippen molar-refractivity contribution in [3.8, 4) is 6.07 Å². The maximum absolute atomic E-state index is 11.2. The van der Waals surface area contributed by atoms with Crippen molar-refractivity contribution in [2.75, 3.05) is 5.75 Å². The highest BCUT2D eigenvalue weighted by atomic mass is 33.1. The van der Waals surface area contributed by atoms with E-state index in [4.69, 9.17) is 5.26 Å². The molecule has 1 aromatic carbocycles. The van der Waals surface area contributed by atoms with Gasteiger partial charge >= 0.3 is 5.97 Å². The van der Waals surface area contributed by atoms with Gasteiger partial charge in [-0.1, -0.05) is 45.9 Å². The van der Waals surface area contributed by atoms with E-state index in [0.29, 0.717) is 0 Å². The smallest absolute Gasteiger partial charge is 0.249 e. The molecule has 0 aromatic heterocycles. The van der Waals surface area contributed by atoms with Gasteiger partial charge in [-0.05, 0) is 31.4 Å². The molecule has 1 aromatic rings. The average Bonchev–Trinajstić information content (AvgIpc) is 3.07. The zero-order valence-corrected chi connectivity index (χ0v) is 12.9.